The fourth-order valence-electron chi connectivity index (χ4n) is 0.709. The van der Waals surface area contributed by atoms with E-state index in [0.29, 0.717) is 0 Å². The molecule has 64 valence electrons. The van der Waals surface area contributed by atoms with Gasteiger partial charge in [-0.2, -0.15) is 0 Å². The average molecular weight is 160 g/mol. The van der Waals surface area contributed by atoms with E-state index >= 15 is 0 Å². The molecule has 0 saturated heterocycles. The molecule has 1 unspecified atom stereocenters. The molecular formula is C7H12O4. The molecule has 0 aromatic rings. The van der Waals surface area contributed by atoms with Gasteiger partial charge in [0.15, 0.2) is 0 Å². The van der Waals surface area contributed by atoms with Gasteiger partial charge in [0.2, 0.25) is 0 Å². The predicted octanol–water partition coefficient (Wildman–Crippen LogP) is 1.14. The molecule has 0 aromatic carbocycles. The highest BCUT2D eigenvalue weighted by atomic mass is 17.1. The number of hydrogen-bond donors (Lipinski definition) is 2. The van der Waals surface area contributed by atoms with Gasteiger partial charge in [-0.25, -0.2) is 9.68 Å². The van der Waals surface area contributed by atoms with E-state index in [0.717, 1.165) is 0 Å². The Labute approximate surface area is 65.0 Å². The molecule has 0 rings (SSSR count). The van der Waals surface area contributed by atoms with Gasteiger partial charge in [0.05, 0.1) is 5.57 Å². The Morgan fingerprint density at radius 1 is 1.55 bits per heavy atom. The molecule has 0 aliphatic carbocycles. The van der Waals surface area contributed by atoms with Crippen LogP contribution in [0.3, 0.4) is 0 Å². The molecule has 0 radical (unpaired) electrons. The minimum absolute atomic E-state index is 0.108. The van der Waals surface area contributed by atoms with E-state index in [4.69, 9.17) is 10.4 Å². The van der Waals surface area contributed by atoms with Crippen LogP contribution in [0.5, 0.6) is 0 Å². The fraction of sp³-hybridized carbons (Fsp3) is 0.571. The third kappa shape index (κ3) is 2.69. The molecule has 0 aromatic heterocycles. The smallest absolute Gasteiger partial charge is 0.333 e. The van der Waals surface area contributed by atoms with Crippen LogP contribution in [-0.4, -0.2) is 22.4 Å². The number of rotatable bonds is 4. The molecule has 0 bridgehead atoms. The fourth-order valence-corrected chi connectivity index (χ4v) is 0.709. The van der Waals surface area contributed by atoms with Crippen molar-refractivity contribution in [2.75, 3.05) is 0 Å². The topological polar surface area (TPSA) is 66.8 Å². The van der Waals surface area contributed by atoms with Crippen molar-refractivity contribution in [3.63, 3.8) is 0 Å². The summed E-state index contributed by atoms with van der Waals surface area (Å²) >= 11 is 0. The van der Waals surface area contributed by atoms with E-state index in [-0.39, 0.29) is 11.5 Å². The summed E-state index contributed by atoms with van der Waals surface area (Å²) in [5, 5.41) is 16.7. The predicted molar refractivity (Wildman–Crippen MR) is 39.1 cm³/mol. The van der Waals surface area contributed by atoms with Crippen LogP contribution < -0.4 is 0 Å². The summed E-state index contributed by atoms with van der Waals surface area (Å²) in [7, 11) is 0. The monoisotopic (exact) mass is 160 g/mol. The molecule has 0 aliphatic heterocycles. The zero-order valence-electron chi connectivity index (χ0n) is 6.57. The molecule has 4 nitrogen and oxygen atoms in total. The van der Waals surface area contributed by atoms with Gasteiger partial charge >= 0.3 is 5.97 Å². The number of carboxylic acids is 1. The van der Waals surface area contributed by atoms with Gasteiger partial charge in [0.1, 0.15) is 6.10 Å². The summed E-state index contributed by atoms with van der Waals surface area (Å²) in [6, 6.07) is 0. The highest BCUT2D eigenvalue weighted by Gasteiger charge is 2.22. The number of aliphatic carboxylic acids is 1. The summed E-state index contributed by atoms with van der Waals surface area (Å²) in [6.45, 7) is 6.72. The summed E-state index contributed by atoms with van der Waals surface area (Å²) < 4.78 is 0. The first-order valence-corrected chi connectivity index (χ1v) is 3.23. The summed E-state index contributed by atoms with van der Waals surface area (Å²) in [5.74, 6) is -1.26. The van der Waals surface area contributed by atoms with Crippen molar-refractivity contribution in [1.82, 2.24) is 0 Å². The third-order valence-electron chi connectivity index (χ3n) is 1.34. The number of carbonyl (C=O) groups is 1. The second-order valence-corrected chi connectivity index (χ2v) is 2.60. The van der Waals surface area contributed by atoms with Gasteiger partial charge in [0, 0.05) is 0 Å². The van der Waals surface area contributed by atoms with Crippen LogP contribution in [0, 0.1) is 5.92 Å². The minimum atomic E-state index is -1.15. The van der Waals surface area contributed by atoms with Gasteiger partial charge in [-0.15, -0.1) is 0 Å². The van der Waals surface area contributed by atoms with Crippen LogP contribution >= 0.6 is 0 Å². The molecule has 0 saturated carbocycles. The lowest BCUT2D eigenvalue weighted by Gasteiger charge is -2.16. The van der Waals surface area contributed by atoms with Gasteiger partial charge in [-0.05, 0) is 5.92 Å². The lowest BCUT2D eigenvalue weighted by atomic mass is 10.0. The average Bonchev–Trinajstić information content (AvgIpc) is 1.88. The van der Waals surface area contributed by atoms with Crippen molar-refractivity contribution < 1.29 is 20.0 Å². The summed E-state index contributed by atoms with van der Waals surface area (Å²) in [6.07, 6.45) is -0.826. The van der Waals surface area contributed by atoms with E-state index in [1.165, 1.54) is 0 Å². The highest BCUT2D eigenvalue weighted by molar-refractivity contribution is 5.86. The van der Waals surface area contributed by atoms with Crippen molar-refractivity contribution in [2.45, 2.75) is 20.0 Å². The first kappa shape index (κ1) is 10.1. The van der Waals surface area contributed by atoms with Crippen LogP contribution in [-0.2, 0) is 9.68 Å². The molecule has 0 spiro atoms. The van der Waals surface area contributed by atoms with E-state index in [9.17, 15) is 4.79 Å². The quantitative estimate of drug-likeness (QED) is 0.367. The molecule has 1 atom stereocenters. The normalized spacial score (nSPS) is 13.1. The van der Waals surface area contributed by atoms with Gasteiger partial charge < -0.3 is 5.11 Å². The molecule has 0 fully saturated rings. The Hall–Kier alpha value is -0.870. The lowest BCUT2D eigenvalue weighted by molar-refractivity contribution is -0.277. The molecule has 0 heterocycles. The molecule has 2 N–H and O–H groups in total. The van der Waals surface area contributed by atoms with Crippen molar-refractivity contribution in [3.05, 3.63) is 12.2 Å². The van der Waals surface area contributed by atoms with Crippen LogP contribution in [0.15, 0.2) is 12.2 Å². The first-order chi connectivity index (χ1) is 5.00. The van der Waals surface area contributed by atoms with Crippen molar-refractivity contribution >= 4 is 5.97 Å². The standard InChI is InChI=1S/C7H12O4/c1-4(2)6(11-10)5(3)7(8)9/h4,6,10H,3H2,1-2H3,(H,8,9). The van der Waals surface area contributed by atoms with Crippen molar-refractivity contribution in [3.8, 4) is 0 Å². The second kappa shape index (κ2) is 4.10. The lowest BCUT2D eigenvalue weighted by Crippen LogP contribution is -2.24. The van der Waals surface area contributed by atoms with Gasteiger partial charge in [-0.1, -0.05) is 20.4 Å². The Morgan fingerprint density at radius 2 is 2.00 bits per heavy atom. The zero-order chi connectivity index (χ0) is 9.02. The van der Waals surface area contributed by atoms with Gasteiger partial charge in [0.25, 0.3) is 0 Å². The Kier molecular flexibility index (Phi) is 3.78. The third-order valence-corrected chi connectivity index (χ3v) is 1.34. The highest BCUT2D eigenvalue weighted by Crippen LogP contribution is 2.13. The van der Waals surface area contributed by atoms with Crippen molar-refractivity contribution in [2.24, 2.45) is 5.92 Å². The molecular weight excluding hydrogens is 148 g/mol. The zero-order valence-corrected chi connectivity index (χ0v) is 6.57. The SMILES string of the molecule is C=C(C(=O)O)C(OO)C(C)C. The van der Waals surface area contributed by atoms with Gasteiger partial charge in [-0.3, -0.25) is 5.26 Å². The van der Waals surface area contributed by atoms with E-state index in [1.807, 2.05) is 0 Å². The number of hydrogen-bond acceptors (Lipinski definition) is 3. The Balaban J connectivity index is 4.26. The van der Waals surface area contributed by atoms with E-state index in [1.54, 1.807) is 13.8 Å². The summed E-state index contributed by atoms with van der Waals surface area (Å²) in [4.78, 5) is 14.3. The van der Waals surface area contributed by atoms with Crippen LogP contribution in [0.1, 0.15) is 13.8 Å². The van der Waals surface area contributed by atoms with Crippen molar-refractivity contribution in [1.29, 1.82) is 0 Å². The minimum Gasteiger partial charge on any atom is -0.478 e. The molecule has 0 amide bonds. The Morgan fingerprint density at radius 3 is 2.09 bits per heavy atom. The Bertz CT molecular complexity index is 162. The maximum atomic E-state index is 10.3. The first-order valence-electron chi connectivity index (χ1n) is 3.23. The van der Waals surface area contributed by atoms with E-state index in [2.05, 4.69) is 11.5 Å². The van der Waals surface area contributed by atoms with Crippen LogP contribution in [0.25, 0.3) is 0 Å². The maximum absolute atomic E-state index is 10.3. The largest absolute Gasteiger partial charge is 0.478 e. The molecule has 11 heavy (non-hydrogen) atoms. The van der Waals surface area contributed by atoms with Crippen LogP contribution in [0.2, 0.25) is 0 Å². The maximum Gasteiger partial charge on any atom is 0.333 e. The number of carboxylic acid groups (broad SMARTS) is 1. The van der Waals surface area contributed by atoms with E-state index < -0.39 is 12.1 Å². The summed E-state index contributed by atoms with van der Waals surface area (Å²) in [5.41, 5.74) is -0.137. The molecule has 0 aliphatic rings. The second-order valence-electron chi connectivity index (χ2n) is 2.60. The van der Waals surface area contributed by atoms with Crippen LogP contribution in [0.4, 0.5) is 0 Å². The molecule has 4 heteroatoms.